The molecular weight excluding hydrogens is 330 g/mol. The Kier molecular flexibility index (Phi) is 4.31. The third kappa shape index (κ3) is 3.13. The molecule has 0 spiro atoms. The van der Waals surface area contributed by atoms with Crippen molar-refractivity contribution in [3.05, 3.63) is 84.1 Å². The largest absolute Gasteiger partial charge is 0.467 e. The Labute approximate surface area is 151 Å². The van der Waals surface area contributed by atoms with E-state index in [0.29, 0.717) is 31.1 Å². The first-order valence-corrected chi connectivity index (χ1v) is 8.52. The number of rotatable bonds is 5. The van der Waals surface area contributed by atoms with Crippen LogP contribution in [0.25, 0.3) is 0 Å². The fraction of sp³-hybridized carbons (Fsp3) is 0.200. The summed E-state index contributed by atoms with van der Waals surface area (Å²) in [5, 5.41) is 2.87. The Balaban J connectivity index is 1.57. The predicted octanol–water partition coefficient (Wildman–Crippen LogP) is 2.42. The number of nitrogens with zero attached hydrogens (tertiary/aromatic N) is 2. The molecule has 1 unspecified atom stereocenters. The van der Waals surface area contributed by atoms with Crippen molar-refractivity contribution in [3.8, 4) is 0 Å². The van der Waals surface area contributed by atoms with Crippen molar-refractivity contribution in [2.45, 2.75) is 25.7 Å². The number of fused-ring (bicyclic) bond motifs is 1. The first-order valence-electron chi connectivity index (χ1n) is 8.52. The summed E-state index contributed by atoms with van der Waals surface area (Å²) in [5.41, 5.74) is 1.60. The maximum absolute atomic E-state index is 12.9. The molecule has 6 nitrogen and oxygen atoms in total. The highest BCUT2D eigenvalue weighted by Gasteiger charge is 2.36. The molecule has 0 saturated carbocycles. The molecule has 6 heteroatoms. The molecule has 132 valence electrons. The molecule has 0 fully saturated rings. The molecule has 2 amide bonds. The minimum absolute atomic E-state index is 0.136. The summed E-state index contributed by atoms with van der Waals surface area (Å²) in [7, 11) is 0. The van der Waals surface area contributed by atoms with Gasteiger partial charge in [-0.3, -0.25) is 9.59 Å². The number of hydrogen-bond donors (Lipinski definition) is 1. The summed E-state index contributed by atoms with van der Waals surface area (Å²) in [5.74, 6) is 0.352. The molecule has 0 aliphatic carbocycles. The van der Waals surface area contributed by atoms with Gasteiger partial charge in [0, 0.05) is 12.7 Å². The first-order chi connectivity index (χ1) is 12.7. The number of carbonyl (C=O) groups excluding carboxylic acids is 2. The molecule has 1 aliphatic rings. The summed E-state index contributed by atoms with van der Waals surface area (Å²) >= 11 is 0. The SMILES string of the molecule is O=C(NCc1ccco1)C1Cn2cccc2C(=O)N1Cc1ccccc1. The monoisotopic (exact) mass is 349 g/mol. The Morgan fingerprint density at radius 3 is 2.73 bits per heavy atom. The number of amides is 2. The number of carbonyl (C=O) groups is 2. The predicted molar refractivity (Wildman–Crippen MR) is 95.1 cm³/mol. The van der Waals surface area contributed by atoms with E-state index in [-0.39, 0.29) is 11.8 Å². The first kappa shape index (κ1) is 16.2. The summed E-state index contributed by atoms with van der Waals surface area (Å²) in [4.78, 5) is 27.4. The molecule has 0 radical (unpaired) electrons. The highest BCUT2D eigenvalue weighted by Crippen LogP contribution is 2.21. The van der Waals surface area contributed by atoms with Crippen LogP contribution in [0.3, 0.4) is 0 Å². The zero-order valence-electron chi connectivity index (χ0n) is 14.2. The fourth-order valence-electron chi connectivity index (χ4n) is 3.23. The molecule has 26 heavy (non-hydrogen) atoms. The Morgan fingerprint density at radius 2 is 1.96 bits per heavy atom. The third-order valence-electron chi connectivity index (χ3n) is 4.57. The van der Waals surface area contributed by atoms with Gasteiger partial charge >= 0.3 is 0 Å². The lowest BCUT2D eigenvalue weighted by Gasteiger charge is -2.35. The van der Waals surface area contributed by atoms with E-state index in [0.717, 1.165) is 5.56 Å². The van der Waals surface area contributed by atoms with E-state index in [9.17, 15) is 9.59 Å². The van der Waals surface area contributed by atoms with Crippen LogP contribution in [0.4, 0.5) is 0 Å². The maximum atomic E-state index is 12.9. The smallest absolute Gasteiger partial charge is 0.271 e. The van der Waals surface area contributed by atoms with Crippen LogP contribution in [0.5, 0.6) is 0 Å². The van der Waals surface area contributed by atoms with E-state index in [1.807, 2.05) is 47.2 Å². The number of aromatic nitrogens is 1. The zero-order chi connectivity index (χ0) is 17.9. The van der Waals surface area contributed by atoms with Gasteiger partial charge in [0.15, 0.2) is 0 Å². The minimum atomic E-state index is -0.572. The van der Waals surface area contributed by atoms with Crippen LogP contribution in [0.1, 0.15) is 21.8 Å². The number of nitrogens with one attached hydrogen (secondary N) is 1. The molecule has 3 aromatic rings. The van der Waals surface area contributed by atoms with Crippen LogP contribution in [0.15, 0.2) is 71.5 Å². The van der Waals surface area contributed by atoms with Gasteiger partial charge in [0.2, 0.25) is 5.91 Å². The van der Waals surface area contributed by atoms with Gasteiger partial charge in [0.1, 0.15) is 17.5 Å². The van der Waals surface area contributed by atoms with Gasteiger partial charge in [0.05, 0.1) is 19.4 Å². The van der Waals surface area contributed by atoms with Gasteiger partial charge in [0.25, 0.3) is 5.91 Å². The number of furan rings is 1. The minimum Gasteiger partial charge on any atom is -0.467 e. The normalized spacial score (nSPS) is 16.4. The van der Waals surface area contributed by atoms with Crippen LogP contribution in [-0.2, 0) is 24.4 Å². The van der Waals surface area contributed by atoms with Crippen LogP contribution < -0.4 is 5.32 Å². The second kappa shape index (κ2) is 6.92. The van der Waals surface area contributed by atoms with Crippen molar-refractivity contribution < 1.29 is 14.0 Å². The van der Waals surface area contributed by atoms with E-state index in [1.54, 1.807) is 29.4 Å². The lowest BCUT2D eigenvalue weighted by atomic mass is 10.1. The van der Waals surface area contributed by atoms with Gasteiger partial charge in [-0.2, -0.15) is 0 Å². The van der Waals surface area contributed by atoms with Crippen molar-refractivity contribution in [3.63, 3.8) is 0 Å². The van der Waals surface area contributed by atoms with E-state index >= 15 is 0 Å². The van der Waals surface area contributed by atoms with E-state index in [1.165, 1.54) is 0 Å². The van der Waals surface area contributed by atoms with Crippen molar-refractivity contribution >= 4 is 11.8 Å². The topological polar surface area (TPSA) is 67.5 Å². The van der Waals surface area contributed by atoms with E-state index < -0.39 is 6.04 Å². The van der Waals surface area contributed by atoms with Crippen molar-refractivity contribution in [1.82, 2.24) is 14.8 Å². The third-order valence-corrected chi connectivity index (χ3v) is 4.57. The maximum Gasteiger partial charge on any atom is 0.271 e. The average molecular weight is 349 g/mol. The lowest BCUT2D eigenvalue weighted by Crippen LogP contribution is -2.54. The highest BCUT2D eigenvalue weighted by molar-refractivity contribution is 5.97. The molecule has 0 saturated heterocycles. The Morgan fingerprint density at radius 1 is 1.12 bits per heavy atom. The quantitative estimate of drug-likeness (QED) is 0.769. The second-order valence-corrected chi connectivity index (χ2v) is 6.28. The zero-order valence-corrected chi connectivity index (χ0v) is 14.2. The van der Waals surface area contributed by atoms with Crippen LogP contribution >= 0.6 is 0 Å². The van der Waals surface area contributed by atoms with Gasteiger partial charge in [-0.05, 0) is 29.8 Å². The van der Waals surface area contributed by atoms with E-state index in [2.05, 4.69) is 5.32 Å². The van der Waals surface area contributed by atoms with Gasteiger partial charge in [-0.15, -0.1) is 0 Å². The van der Waals surface area contributed by atoms with Crippen molar-refractivity contribution in [1.29, 1.82) is 0 Å². The molecule has 1 atom stereocenters. The molecule has 1 N–H and O–H groups in total. The lowest BCUT2D eigenvalue weighted by molar-refractivity contribution is -0.127. The average Bonchev–Trinajstić information content (AvgIpc) is 3.34. The summed E-state index contributed by atoms with van der Waals surface area (Å²) in [6.45, 7) is 1.13. The standard InChI is InChI=1S/C20H19N3O3/c24-19(21-12-16-8-5-11-26-16)18-14-22-10-4-9-17(22)20(25)23(18)13-15-6-2-1-3-7-15/h1-11,18H,12-14H2,(H,21,24). The number of hydrogen-bond acceptors (Lipinski definition) is 3. The van der Waals surface area contributed by atoms with Crippen LogP contribution in [-0.4, -0.2) is 27.3 Å². The van der Waals surface area contributed by atoms with Gasteiger partial charge < -0.3 is 19.2 Å². The van der Waals surface area contributed by atoms with E-state index in [4.69, 9.17) is 4.42 Å². The Hall–Kier alpha value is -3.28. The summed E-state index contributed by atoms with van der Waals surface area (Å²) < 4.78 is 7.09. The fourth-order valence-corrected chi connectivity index (χ4v) is 3.23. The molecule has 3 heterocycles. The molecular formula is C20H19N3O3. The van der Waals surface area contributed by atoms with Gasteiger partial charge in [-0.25, -0.2) is 0 Å². The Bertz CT molecular complexity index is 900. The van der Waals surface area contributed by atoms with Crippen LogP contribution in [0.2, 0.25) is 0 Å². The summed E-state index contributed by atoms with van der Waals surface area (Å²) in [6.07, 6.45) is 3.40. The molecule has 1 aromatic carbocycles. The molecule has 1 aliphatic heterocycles. The number of benzene rings is 1. The van der Waals surface area contributed by atoms with Crippen molar-refractivity contribution in [2.75, 3.05) is 0 Å². The molecule has 4 rings (SSSR count). The van der Waals surface area contributed by atoms with Crippen molar-refractivity contribution in [2.24, 2.45) is 0 Å². The molecule has 0 bridgehead atoms. The summed E-state index contributed by atoms with van der Waals surface area (Å²) in [6, 6.07) is 16.3. The highest BCUT2D eigenvalue weighted by atomic mass is 16.3. The van der Waals surface area contributed by atoms with Crippen LogP contribution in [0, 0.1) is 0 Å². The second-order valence-electron chi connectivity index (χ2n) is 6.28. The van der Waals surface area contributed by atoms with Gasteiger partial charge in [-0.1, -0.05) is 30.3 Å². The molecule has 2 aromatic heterocycles.